The number of hydrogen-bond donors (Lipinski definition) is 3. The Balaban J connectivity index is 1.31. The maximum absolute atomic E-state index is 13.3. The van der Waals surface area contributed by atoms with Gasteiger partial charge in [-0.15, -0.1) is 0 Å². The molecule has 0 saturated carbocycles. The van der Waals surface area contributed by atoms with Crippen LogP contribution in [0.3, 0.4) is 0 Å². The van der Waals surface area contributed by atoms with E-state index < -0.39 is 17.5 Å². The van der Waals surface area contributed by atoms with Crippen molar-refractivity contribution in [2.24, 2.45) is 0 Å². The van der Waals surface area contributed by atoms with Crippen molar-refractivity contribution in [1.82, 2.24) is 25.3 Å². The van der Waals surface area contributed by atoms with Gasteiger partial charge in [0.15, 0.2) is 5.54 Å². The zero-order valence-electron chi connectivity index (χ0n) is 21.9. The molecule has 6 rings (SSSR count). The Morgan fingerprint density at radius 2 is 1.92 bits per heavy atom. The van der Waals surface area contributed by atoms with E-state index in [9.17, 15) is 14.4 Å². The van der Waals surface area contributed by atoms with Gasteiger partial charge in [-0.1, -0.05) is 6.07 Å². The first kappa shape index (κ1) is 24.9. The van der Waals surface area contributed by atoms with Crippen LogP contribution < -0.4 is 15.4 Å². The highest BCUT2D eigenvalue weighted by molar-refractivity contribution is 6.08. The predicted octanol–water partition coefficient (Wildman–Crippen LogP) is 2.09. The summed E-state index contributed by atoms with van der Waals surface area (Å²) in [4.78, 5) is 44.7. The first-order chi connectivity index (χ1) is 18.8. The topological polar surface area (TPSA) is 131 Å². The lowest BCUT2D eigenvalue weighted by Gasteiger charge is -2.29. The number of amides is 4. The van der Waals surface area contributed by atoms with Gasteiger partial charge in [-0.05, 0) is 62.0 Å². The average molecular weight is 531 g/mol. The zero-order valence-corrected chi connectivity index (χ0v) is 21.9. The van der Waals surface area contributed by atoms with Gasteiger partial charge in [0, 0.05) is 42.7 Å². The molecule has 2 fully saturated rings. The van der Waals surface area contributed by atoms with E-state index in [4.69, 9.17) is 14.6 Å². The van der Waals surface area contributed by atoms with Gasteiger partial charge < -0.3 is 29.2 Å². The molecule has 0 aliphatic carbocycles. The van der Waals surface area contributed by atoms with Gasteiger partial charge in [0.05, 0.1) is 13.7 Å². The normalized spacial score (nSPS) is 21.6. The van der Waals surface area contributed by atoms with Gasteiger partial charge in [-0.3, -0.25) is 20.3 Å². The van der Waals surface area contributed by atoms with Gasteiger partial charge >= 0.3 is 6.03 Å². The average Bonchev–Trinajstić information content (AvgIpc) is 3.52. The number of amidine groups is 1. The Hall–Kier alpha value is -4.38. The number of nitrogens with one attached hydrogen (secondary N) is 3. The van der Waals surface area contributed by atoms with E-state index in [0.29, 0.717) is 28.1 Å². The Morgan fingerprint density at radius 3 is 2.69 bits per heavy atom. The number of fused-ring (bicyclic) bond motifs is 2. The molecule has 0 bridgehead atoms. The number of likely N-dealkylation sites (N-methyl/N-ethyl adjacent to an activating group) is 1. The molecule has 0 radical (unpaired) electrons. The monoisotopic (exact) mass is 530 g/mol. The van der Waals surface area contributed by atoms with Gasteiger partial charge in [0.2, 0.25) is 0 Å². The number of methoxy groups -OCH3 is 1. The quantitative estimate of drug-likeness (QED) is 0.262. The molecule has 4 heterocycles. The largest absolute Gasteiger partial charge is 0.497 e. The van der Waals surface area contributed by atoms with E-state index in [0.717, 1.165) is 43.7 Å². The molecule has 3 aliphatic rings. The molecule has 39 heavy (non-hydrogen) atoms. The summed E-state index contributed by atoms with van der Waals surface area (Å²) in [6.45, 7) is 3.66. The number of furan rings is 1. The zero-order chi connectivity index (χ0) is 27.3. The highest BCUT2D eigenvalue weighted by atomic mass is 16.5. The number of carbonyl (C=O) groups is 3. The minimum Gasteiger partial charge on any atom is -0.497 e. The number of nitrogens with zero attached hydrogens (tertiary/aromatic N) is 3. The highest BCUT2D eigenvalue weighted by Gasteiger charge is 2.53. The summed E-state index contributed by atoms with van der Waals surface area (Å²) < 4.78 is 11.4. The summed E-state index contributed by atoms with van der Waals surface area (Å²) >= 11 is 0. The van der Waals surface area contributed by atoms with Crippen LogP contribution in [0.15, 0.2) is 46.9 Å². The number of urea groups is 1. The molecule has 0 spiro atoms. The van der Waals surface area contributed by atoms with Crippen LogP contribution in [0.2, 0.25) is 0 Å². The van der Waals surface area contributed by atoms with E-state index in [2.05, 4.69) is 27.5 Å². The molecule has 11 heteroatoms. The van der Waals surface area contributed by atoms with Crippen molar-refractivity contribution < 1.29 is 23.5 Å². The maximum Gasteiger partial charge on any atom is 0.322 e. The standard InChI is InChI=1S/C28H30N6O5/c1-32-8-3-9-33(11-10-32)24(29)17-5-7-22-19(12-17)13-23(39-22)28(26(36)30-27(37)31-28)16-34-15-18-4-6-20(38-2)14-21(18)25(34)35/h4-7,12-14,29H,3,8-11,15-16H2,1-2H3,(H2,30,31,36,37). The molecule has 2 saturated heterocycles. The second-order valence-corrected chi connectivity index (χ2v) is 10.4. The summed E-state index contributed by atoms with van der Waals surface area (Å²) in [7, 11) is 3.62. The third-order valence-electron chi connectivity index (χ3n) is 7.81. The van der Waals surface area contributed by atoms with Crippen LogP contribution in [0, 0.1) is 5.41 Å². The number of benzene rings is 2. The molecule has 4 amide bonds. The van der Waals surface area contributed by atoms with E-state index in [1.54, 1.807) is 24.3 Å². The third kappa shape index (κ3) is 4.28. The molecule has 2 aromatic carbocycles. The number of imide groups is 1. The SMILES string of the molecule is COc1ccc2c(c1)C(=O)N(CC1(c3cc4cc(C(=N)N5CCCN(C)CC5)ccc4o3)NC(=O)NC1=O)C2. The Bertz CT molecular complexity index is 1520. The Morgan fingerprint density at radius 1 is 1.08 bits per heavy atom. The lowest BCUT2D eigenvalue weighted by Crippen LogP contribution is -2.52. The van der Waals surface area contributed by atoms with Crippen molar-refractivity contribution >= 4 is 34.7 Å². The molecule has 1 aromatic heterocycles. The van der Waals surface area contributed by atoms with Crippen molar-refractivity contribution in [1.29, 1.82) is 5.41 Å². The van der Waals surface area contributed by atoms with Crippen molar-refractivity contribution in [3.8, 4) is 5.75 Å². The second-order valence-electron chi connectivity index (χ2n) is 10.4. The third-order valence-corrected chi connectivity index (χ3v) is 7.81. The fourth-order valence-corrected chi connectivity index (χ4v) is 5.59. The van der Waals surface area contributed by atoms with Crippen LogP contribution in [-0.4, -0.2) is 85.3 Å². The van der Waals surface area contributed by atoms with Crippen LogP contribution in [0.4, 0.5) is 4.79 Å². The van der Waals surface area contributed by atoms with Crippen molar-refractivity contribution in [2.45, 2.75) is 18.5 Å². The van der Waals surface area contributed by atoms with E-state index in [-0.39, 0.29) is 24.8 Å². The number of ether oxygens (including phenoxy) is 1. The molecule has 1 unspecified atom stereocenters. The highest BCUT2D eigenvalue weighted by Crippen LogP contribution is 2.35. The minimum absolute atomic E-state index is 0.107. The van der Waals surface area contributed by atoms with Crippen LogP contribution in [-0.2, 0) is 16.9 Å². The Kier molecular flexibility index (Phi) is 6.02. The predicted molar refractivity (Wildman–Crippen MR) is 143 cm³/mol. The van der Waals surface area contributed by atoms with Gasteiger partial charge in [-0.2, -0.15) is 0 Å². The minimum atomic E-state index is -1.60. The number of rotatable bonds is 5. The van der Waals surface area contributed by atoms with E-state index in [1.165, 1.54) is 12.0 Å². The van der Waals surface area contributed by atoms with E-state index in [1.807, 2.05) is 18.2 Å². The first-order valence-corrected chi connectivity index (χ1v) is 12.9. The molecular formula is C28H30N6O5. The molecule has 11 nitrogen and oxygen atoms in total. The number of carbonyl (C=O) groups excluding carboxylic acids is 3. The van der Waals surface area contributed by atoms with Gasteiger partial charge in [-0.25, -0.2) is 4.79 Å². The molecule has 1 atom stereocenters. The van der Waals surface area contributed by atoms with Crippen molar-refractivity contribution in [3.05, 3.63) is 64.9 Å². The maximum atomic E-state index is 13.3. The smallest absolute Gasteiger partial charge is 0.322 e. The summed E-state index contributed by atoms with van der Waals surface area (Å²) in [5, 5.41) is 14.5. The van der Waals surface area contributed by atoms with Gasteiger partial charge in [0.1, 0.15) is 22.9 Å². The van der Waals surface area contributed by atoms with Crippen molar-refractivity contribution in [3.63, 3.8) is 0 Å². The van der Waals surface area contributed by atoms with Crippen LogP contribution in [0.25, 0.3) is 11.0 Å². The van der Waals surface area contributed by atoms with Gasteiger partial charge in [0.25, 0.3) is 11.8 Å². The fourth-order valence-electron chi connectivity index (χ4n) is 5.59. The lowest BCUT2D eigenvalue weighted by atomic mass is 9.95. The van der Waals surface area contributed by atoms with Crippen LogP contribution in [0.5, 0.6) is 5.75 Å². The Labute approximate surface area is 225 Å². The van der Waals surface area contributed by atoms with Crippen LogP contribution in [0.1, 0.15) is 33.7 Å². The van der Waals surface area contributed by atoms with Crippen molar-refractivity contribution in [2.75, 3.05) is 46.9 Å². The summed E-state index contributed by atoms with van der Waals surface area (Å²) in [5.41, 5.74) is 0.981. The second kappa shape index (κ2) is 9.42. The number of hydrogen-bond acceptors (Lipinski definition) is 7. The summed E-state index contributed by atoms with van der Waals surface area (Å²) in [6.07, 6.45) is 0.986. The van der Waals surface area contributed by atoms with E-state index >= 15 is 0 Å². The summed E-state index contributed by atoms with van der Waals surface area (Å²) in [5.74, 6) is 0.382. The molecule has 202 valence electrons. The summed E-state index contributed by atoms with van der Waals surface area (Å²) in [6, 6.07) is 11.8. The molecule has 3 aliphatic heterocycles. The lowest BCUT2D eigenvalue weighted by molar-refractivity contribution is -0.125. The molecular weight excluding hydrogens is 500 g/mol. The van der Waals surface area contributed by atoms with Crippen LogP contribution >= 0.6 is 0 Å². The fraction of sp³-hybridized carbons (Fsp3) is 0.357. The first-order valence-electron chi connectivity index (χ1n) is 12.9. The molecule has 3 aromatic rings. The molecule has 3 N–H and O–H groups in total.